The number of carbonyl (C=O) groups is 2. The van der Waals surface area contributed by atoms with Crippen molar-refractivity contribution in [2.24, 2.45) is 0 Å². The normalized spacial score (nSPS) is 10.4. The second-order valence-corrected chi connectivity index (χ2v) is 6.27. The Labute approximate surface area is 148 Å². The van der Waals surface area contributed by atoms with Crippen LogP contribution in [0, 0.1) is 6.92 Å². The number of aryl methyl sites for hydroxylation is 1. The summed E-state index contributed by atoms with van der Waals surface area (Å²) >= 11 is 1.25. The van der Waals surface area contributed by atoms with E-state index in [2.05, 4.69) is 20.8 Å². The number of nitrogens with zero attached hydrogens (tertiary/aromatic N) is 2. The third-order valence-electron chi connectivity index (χ3n) is 3.39. The Morgan fingerprint density at radius 1 is 1.20 bits per heavy atom. The highest BCUT2D eigenvalue weighted by Crippen LogP contribution is 2.17. The van der Waals surface area contributed by atoms with Crippen molar-refractivity contribution in [2.75, 3.05) is 5.32 Å². The van der Waals surface area contributed by atoms with Gasteiger partial charge in [0.2, 0.25) is 11.7 Å². The van der Waals surface area contributed by atoms with Gasteiger partial charge in [-0.2, -0.15) is 0 Å². The lowest BCUT2D eigenvalue weighted by Crippen LogP contribution is -2.24. The molecule has 1 aromatic carbocycles. The van der Waals surface area contributed by atoms with Crippen LogP contribution in [0.5, 0.6) is 0 Å². The van der Waals surface area contributed by atoms with E-state index in [1.807, 2.05) is 31.2 Å². The summed E-state index contributed by atoms with van der Waals surface area (Å²) in [5, 5.41) is 11.1. The lowest BCUT2D eigenvalue weighted by molar-refractivity contribution is -0.120. The van der Waals surface area contributed by atoms with E-state index < -0.39 is 5.91 Å². The molecule has 0 aliphatic rings. The molecule has 2 heterocycles. The third kappa shape index (κ3) is 4.74. The van der Waals surface area contributed by atoms with E-state index in [4.69, 9.17) is 4.52 Å². The molecule has 0 bridgehead atoms. The summed E-state index contributed by atoms with van der Waals surface area (Å²) in [5.74, 6) is -0.450. The Kier molecular flexibility index (Phi) is 5.20. The zero-order valence-corrected chi connectivity index (χ0v) is 14.3. The topological polar surface area (TPSA) is 97.1 Å². The van der Waals surface area contributed by atoms with Crippen molar-refractivity contribution in [3.8, 4) is 0 Å². The average molecular weight is 356 g/mol. The number of anilines is 1. The maximum absolute atomic E-state index is 12.0. The van der Waals surface area contributed by atoms with Crippen LogP contribution in [-0.2, 0) is 17.8 Å². The molecule has 0 saturated carbocycles. The molecular formula is C17H16N4O3S. The van der Waals surface area contributed by atoms with Crippen molar-refractivity contribution in [3.63, 3.8) is 0 Å². The molecule has 25 heavy (non-hydrogen) atoms. The van der Waals surface area contributed by atoms with Gasteiger partial charge in [0.1, 0.15) is 0 Å². The predicted molar refractivity (Wildman–Crippen MR) is 93.3 cm³/mol. The van der Waals surface area contributed by atoms with Gasteiger partial charge in [0, 0.05) is 18.0 Å². The van der Waals surface area contributed by atoms with Crippen molar-refractivity contribution >= 4 is 28.3 Å². The zero-order valence-electron chi connectivity index (χ0n) is 13.5. The Balaban J connectivity index is 1.49. The van der Waals surface area contributed by atoms with Crippen LogP contribution in [0.2, 0.25) is 0 Å². The molecule has 2 N–H and O–H groups in total. The van der Waals surface area contributed by atoms with Gasteiger partial charge < -0.3 is 9.84 Å². The van der Waals surface area contributed by atoms with Crippen LogP contribution in [0.15, 0.2) is 46.4 Å². The number of aromatic nitrogens is 2. The second-order valence-electron chi connectivity index (χ2n) is 5.41. The highest BCUT2D eigenvalue weighted by molar-refractivity contribution is 7.14. The Morgan fingerprint density at radius 2 is 2.00 bits per heavy atom. The molecule has 0 aliphatic carbocycles. The van der Waals surface area contributed by atoms with Crippen LogP contribution in [0.25, 0.3) is 0 Å². The number of benzene rings is 1. The van der Waals surface area contributed by atoms with E-state index in [9.17, 15) is 9.59 Å². The van der Waals surface area contributed by atoms with Crippen molar-refractivity contribution in [1.29, 1.82) is 0 Å². The number of hydrogen-bond donors (Lipinski definition) is 2. The van der Waals surface area contributed by atoms with Crippen LogP contribution in [0.4, 0.5) is 5.13 Å². The average Bonchev–Trinajstić information content (AvgIpc) is 3.26. The fourth-order valence-electron chi connectivity index (χ4n) is 2.07. The van der Waals surface area contributed by atoms with Crippen molar-refractivity contribution < 1.29 is 14.1 Å². The molecule has 2 amide bonds. The largest absolute Gasteiger partial charge is 0.352 e. The summed E-state index contributed by atoms with van der Waals surface area (Å²) in [6.45, 7) is 2.49. The lowest BCUT2D eigenvalue weighted by atomic mass is 10.1. The van der Waals surface area contributed by atoms with Gasteiger partial charge in [0.15, 0.2) is 5.13 Å². The highest BCUT2D eigenvalue weighted by atomic mass is 32.1. The smallest absolute Gasteiger partial charge is 0.296 e. The zero-order chi connectivity index (χ0) is 17.6. The molecule has 2 aromatic heterocycles. The fourth-order valence-corrected chi connectivity index (χ4v) is 2.78. The maximum atomic E-state index is 12.0. The van der Waals surface area contributed by atoms with E-state index in [1.165, 1.54) is 29.2 Å². The molecule has 0 unspecified atom stereocenters. The van der Waals surface area contributed by atoms with Crippen LogP contribution < -0.4 is 10.6 Å². The van der Waals surface area contributed by atoms with Crippen molar-refractivity contribution in [2.45, 2.75) is 19.9 Å². The molecule has 0 saturated heterocycles. The summed E-state index contributed by atoms with van der Waals surface area (Å²) in [7, 11) is 0. The predicted octanol–water partition coefficient (Wildman–Crippen LogP) is 2.55. The van der Waals surface area contributed by atoms with Gasteiger partial charge in [-0.25, -0.2) is 4.98 Å². The second kappa shape index (κ2) is 7.71. The first kappa shape index (κ1) is 16.8. The van der Waals surface area contributed by atoms with Gasteiger partial charge >= 0.3 is 0 Å². The van der Waals surface area contributed by atoms with E-state index in [1.54, 1.807) is 5.38 Å². The maximum Gasteiger partial charge on any atom is 0.296 e. The van der Waals surface area contributed by atoms with E-state index in [0.29, 0.717) is 17.4 Å². The summed E-state index contributed by atoms with van der Waals surface area (Å²) in [6, 6.07) is 9.43. The third-order valence-corrected chi connectivity index (χ3v) is 4.19. The Bertz CT molecular complexity index is 856. The van der Waals surface area contributed by atoms with E-state index >= 15 is 0 Å². The molecule has 0 radical (unpaired) electrons. The van der Waals surface area contributed by atoms with Gasteiger partial charge in [0.05, 0.1) is 18.3 Å². The summed E-state index contributed by atoms with van der Waals surface area (Å²) in [5.41, 5.74) is 2.81. The minimum atomic E-state index is -0.428. The lowest BCUT2D eigenvalue weighted by Gasteiger charge is -2.04. The summed E-state index contributed by atoms with van der Waals surface area (Å²) in [6.07, 6.45) is 1.54. The molecule has 128 valence electrons. The monoisotopic (exact) mass is 356 g/mol. The molecule has 8 heteroatoms. The standard InChI is InChI=1S/C17H16N4O3S/c1-11-2-4-12(5-3-11)9-18-15(22)8-13-10-25-17(20-13)21-16(23)14-6-7-19-24-14/h2-7,10H,8-9H2,1H3,(H,18,22)(H,20,21,23). The quantitative estimate of drug-likeness (QED) is 0.707. The van der Waals surface area contributed by atoms with E-state index in [-0.39, 0.29) is 18.1 Å². The number of amides is 2. The number of thiazole rings is 1. The van der Waals surface area contributed by atoms with Gasteiger partial charge in [-0.05, 0) is 12.5 Å². The van der Waals surface area contributed by atoms with Crippen LogP contribution >= 0.6 is 11.3 Å². The van der Waals surface area contributed by atoms with E-state index in [0.717, 1.165) is 5.56 Å². The van der Waals surface area contributed by atoms with Gasteiger partial charge in [0.25, 0.3) is 5.91 Å². The molecule has 3 rings (SSSR count). The molecular weight excluding hydrogens is 340 g/mol. The Hall–Kier alpha value is -3.00. The number of hydrogen-bond acceptors (Lipinski definition) is 6. The van der Waals surface area contributed by atoms with Crippen LogP contribution in [-0.4, -0.2) is 22.0 Å². The SMILES string of the molecule is Cc1ccc(CNC(=O)Cc2csc(NC(=O)c3ccno3)n2)cc1. The first-order chi connectivity index (χ1) is 12.1. The van der Waals surface area contributed by atoms with Crippen molar-refractivity contribution in [1.82, 2.24) is 15.5 Å². The first-order valence-electron chi connectivity index (χ1n) is 7.59. The molecule has 0 spiro atoms. The molecule has 0 fully saturated rings. The van der Waals surface area contributed by atoms with Crippen molar-refractivity contribution in [3.05, 3.63) is 64.5 Å². The molecule has 0 atom stereocenters. The minimum Gasteiger partial charge on any atom is -0.352 e. The summed E-state index contributed by atoms with van der Waals surface area (Å²) < 4.78 is 4.77. The van der Waals surface area contributed by atoms with Gasteiger partial charge in [-0.1, -0.05) is 35.0 Å². The number of carbonyl (C=O) groups excluding carboxylic acids is 2. The number of rotatable bonds is 6. The fraction of sp³-hybridized carbons (Fsp3) is 0.176. The molecule has 3 aromatic rings. The highest BCUT2D eigenvalue weighted by Gasteiger charge is 2.13. The summed E-state index contributed by atoms with van der Waals surface area (Å²) in [4.78, 5) is 28.1. The molecule has 7 nitrogen and oxygen atoms in total. The van der Waals surface area contributed by atoms with Gasteiger partial charge in [-0.15, -0.1) is 11.3 Å². The van der Waals surface area contributed by atoms with Crippen LogP contribution in [0.3, 0.4) is 0 Å². The van der Waals surface area contributed by atoms with Crippen LogP contribution in [0.1, 0.15) is 27.4 Å². The minimum absolute atomic E-state index is 0.104. The first-order valence-corrected chi connectivity index (χ1v) is 8.47. The Morgan fingerprint density at radius 3 is 2.72 bits per heavy atom. The van der Waals surface area contributed by atoms with Gasteiger partial charge in [-0.3, -0.25) is 14.9 Å². The number of nitrogens with one attached hydrogen (secondary N) is 2. The molecule has 0 aliphatic heterocycles.